The second-order valence-electron chi connectivity index (χ2n) is 8.52. The largest absolute Gasteiger partial charge is 0.358 e. The van der Waals surface area contributed by atoms with Gasteiger partial charge in [-0.05, 0) is 55.9 Å². The fourth-order valence-corrected chi connectivity index (χ4v) is 4.19. The third kappa shape index (κ3) is 4.03. The van der Waals surface area contributed by atoms with E-state index in [-0.39, 0.29) is 6.23 Å². The van der Waals surface area contributed by atoms with Gasteiger partial charge in [0.25, 0.3) is 0 Å². The lowest BCUT2D eigenvalue weighted by Gasteiger charge is -2.24. The summed E-state index contributed by atoms with van der Waals surface area (Å²) in [4.78, 5) is 13.5. The van der Waals surface area contributed by atoms with E-state index < -0.39 is 0 Å². The van der Waals surface area contributed by atoms with Gasteiger partial charge in [0.15, 0.2) is 5.82 Å². The average Bonchev–Trinajstić information content (AvgIpc) is 3.43. The summed E-state index contributed by atoms with van der Waals surface area (Å²) in [5.74, 6) is 2.69. The number of hydrogen-bond acceptors (Lipinski definition) is 7. The molecule has 2 aliphatic rings. The Balaban J connectivity index is 1.12. The van der Waals surface area contributed by atoms with Crippen molar-refractivity contribution in [2.75, 3.05) is 17.2 Å². The van der Waals surface area contributed by atoms with E-state index in [0.717, 1.165) is 41.9 Å². The van der Waals surface area contributed by atoms with Crippen LogP contribution in [0.25, 0.3) is 11.0 Å². The van der Waals surface area contributed by atoms with Gasteiger partial charge in [0.2, 0.25) is 5.95 Å². The molecule has 6 rings (SSSR count). The van der Waals surface area contributed by atoms with Gasteiger partial charge >= 0.3 is 0 Å². The molecule has 3 aromatic heterocycles. The van der Waals surface area contributed by atoms with Crippen LogP contribution in [0.5, 0.6) is 0 Å². The van der Waals surface area contributed by atoms with Crippen molar-refractivity contribution in [1.29, 1.82) is 0 Å². The first-order chi connectivity index (χ1) is 15.8. The van der Waals surface area contributed by atoms with Gasteiger partial charge in [0.1, 0.15) is 12.0 Å². The van der Waals surface area contributed by atoms with Crippen LogP contribution in [0.4, 0.5) is 17.6 Å². The number of H-pyrrole nitrogens is 1. The van der Waals surface area contributed by atoms with Gasteiger partial charge in [-0.3, -0.25) is 5.10 Å². The molecular weight excluding hydrogens is 404 g/mol. The van der Waals surface area contributed by atoms with E-state index in [2.05, 4.69) is 64.6 Å². The Labute approximate surface area is 185 Å². The molecule has 0 spiro atoms. The zero-order valence-electron chi connectivity index (χ0n) is 17.8. The van der Waals surface area contributed by atoms with E-state index >= 15 is 0 Å². The summed E-state index contributed by atoms with van der Waals surface area (Å²) in [7, 11) is 0. The summed E-state index contributed by atoms with van der Waals surface area (Å²) in [5.41, 5.74) is 4.39. The minimum Gasteiger partial charge on any atom is -0.358 e. The molecule has 1 aromatic carbocycles. The Morgan fingerprint density at radius 3 is 2.91 bits per heavy atom. The summed E-state index contributed by atoms with van der Waals surface area (Å²) in [6.07, 6.45) is 9.57. The van der Waals surface area contributed by atoms with Gasteiger partial charge in [0, 0.05) is 37.0 Å². The summed E-state index contributed by atoms with van der Waals surface area (Å²) >= 11 is 0. The number of hydrogen-bond donors (Lipinski definition) is 3. The van der Waals surface area contributed by atoms with Crippen molar-refractivity contribution < 1.29 is 4.74 Å². The summed E-state index contributed by atoms with van der Waals surface area (Å²) in [6, 6.07) is 10.2. The Morgan fingerprint density at radius 2 is 2.03 bits per heavy atom. The highest BCUT2D eigenvalue weighted by Crippen LogP contribution is 2.39. The Morgan fingerprint density at radius 1 is 1.06 bits per heavy atom. The highest BCUT2D eigenvalue weighted by Gasteiger charge is 2.25. The fourth-order valence-electron chi connectivity index (χ4n) is 4.19. The molecule has 32 heavy (non-hydrogen) atoms. The first kappa shape index (κ1) is 19.2. The predicted octanol–water partition coefficient (Wildman–Crippen LogP) is 4.48. The molecule has 4 heterocycles. The SMILES string of the molecule is c1cc(Nc2cc(C3CC3)[nH]n2)nc(NCc2ccc3c(c2)ncn3C2CCCCO2)n1. The first-order valence-corrected chi connectivity index (χ1v) is 11.3. The molecule has 4 aromatic rings. The molecule has 9 heteroatoms. The molecule has 0 bridgehead atoms. The highest BCUT2D eigenvalue weighted by molar-refractivity contribution is 5.76. The van der Waals surface area contributed by atoms with Crippen LogP contribution in [-0.4, -0.2) is 36.3 Å². The van der Waals surface area contributed by atoms with Crippen molar-refractivity contribution in [2.24, 2.45) is 0 Å². The van der Waals surface area contributed by atoms with Crippen LogP contribution in [0, 0.1) is 0 Å². The molecule has 0 amide bonds. The quantitative estimate of drug-likeness (QED) is 0.397. The van der Waals surface area contributed by atoms with Crippen molar-refractivity contribution in [2.45, 2.75) is 50.8 Å². The van der Waals surface area contributed by atoms with E-state index in [4.69, 9.17) is 4.74 Å². The van der Waals surface area contributed by atoms with E-state index in [1.54, 1.807) is 6.20 Å². The molecule has 0 radical (unpaired) electrons. The minimum absolute atomic E-state index is 0.0937. The zero-order chi connectivity index (χ0) is 21.3. The average molecular weight is 431 g/mol. The van der Waals surface area contributed by atoms with Gasteiger partial charge in [-0.2, -0.15) is 10.1 Å². The fraction of sp³-hybridized carbons (Fsp3) is 0.391. The van der Waals surface area contributed by atoms with Crippen LogP contribution in [-0.2, 0) is 11.3 Å². The minimum atomic E-state index is 0.0937. The van der Waals surface area contributed by atoms with Gasteiger partial charge in [-0.25, -0.2) is 9.97 Å². The first-order valence-electron chi connectivity index (χ1n) is 11.3. The molecule has 1 atom stereocenters. The molecule has 1 aliphatic carbocycles. The Bertz CT molecular complexity index is 1220. The molecule has 1 aliphatic heterocycles. The molecule has 1 saturated heterocycles. The normalized spacial score (nSPS) is 18.7. The van der Waals surface area contributed by atoms with Gasteiger partial charge in [0.05, 0.1) is 17.4 Å². The van der Waals surface area contributed by atoms with E-state index in [0.29, 0.717) is 24.2 Å². The standard InChI is InChI=1S/C23H26N8O/c1-2-10-32-22(3-1)31-14-26-18-11-15(4-7-19(18)31)13-25-23-24-9-8-20(28-23)27-21-12-17(29-30-21)16-5-6-16/h4,7-9,11-12,14,16,22H,1-3,5-6,10,13H2,(H3,24,25,27,28,29,30). The molecular formula is C23H26N8O. The van der Waals surface area contributed by atoms with Crippen molar-refractivity contribution in [3.63, 3.8) is 0 Å². The lowest BCUT2D eigenvalue weighted by Crippen LogP contribution is -2.17. The third-order valence-electron chi connectivity index (χ3n) is 6.08. The van der Waals surface area contributed by atoms with E-state index in [1.807, 2.05) is 12.4 Å². The third-order valence-corrected chi connectivity index (χ3v) is 6.08. The number of anilines is 3. The molecule has 164 valence electrons. The van der Waals surface area contributed by atoms with Crippen LogP contribution in [0.2, 0.25) is 0 Å². The topological polar surface area (TPSA) is 106 Å². The van der Waals surface area contributed by atoms with Crippen LogP contribution >= 0.6 is 0 Å². The van der Waals surface area contributed by atoms with Crippen LogP contribution < -0.4 is 10.6 Å². The lowest BCUT2D eigenvalue weighted by atomic mass is 10.1. The van der Waals surface area contributed by atoms with Crippen molar-refractivity contribution in [3.05, 3.63) is 54.1 Å². The summed E-state index contributed by atoms with van der Waals surface area (Å²) in [6.45, 7) is 1.43. The van der Waals surface area contributed by atoms with Crippen molar-refractivity contribution in [3.8, 4) is 0 Å². The maximum Gasteiger partial charge on any atom is 0.224 e. The van der Waals surface area contributed by atoms with Crippen molar-refractivity contribution in [1.82, 2.24) is 29.7 Å². The number of rotatable bonds is 7. The number of imidazole rings is 1. The van der Waals surface area contributed by atoms with Gasteiger partial charge in [-0.15, -0.1) is 0 Å². The Kier molecular flexibility index (Phi) is 4.95. The second kappa shape index (κ2) is 8.23. The van der Waals surface area contributed by atoms with E-state index in [9.17, 15) is 0 Å². The summed E-state index contributed by atoms with van der Waals surface area (Å²) in [5, 5.41) is 14.0. The number of ether oxygens (including phenoxy) is 1. The lowest BCUT2D eigenvalue weighted by molar-refractivity contribution is -0.0295. The van der Waals surface area contributed by atoms with Crippen LogP contribution in [0.1, 0.15) is 55.5 Å². The molecule has 2 fully saturated rings. The van der Waals surface area contributed by atoms with E-state index in [1.165, 1.54) is 25.0 Å². The number of aromatic amines is 1. The Hall–Kier alpha value is -3.46. The van der Waals surface area contributed by atoms with Gasteiger partial charge in [-0.1, -0.05) is 6.07 Å². The predicted molar refractivity (Wildman–Crippen MR) is 122 cm³/mol. The number of aromatic nitrogens is 6. The van der Waals surface area contributed by atoms with Crippen molar-refractivity contribution >= 4 is 28.6 Å². The second-order valence-corrected chi connectivity index (χ2v) is 8.52. The highest BCUT2D eigenvalue weighted by atomic mass is 16.5. The van der Waals surface area contributed by atoms with Crippen LogP contribution in [0.3, 0.4) is 0 Å². The number of nitrogens with zero attached hydrogens (tertiary/aromatic N) is 5. The maximum absolute atomic E-state index is 5.92. The maximum atomic E-state index is 5.92. The monoisotopic (exact) mass is 430 g/mol. The number of fused-ring (bicyclic) bond motifs is 1. The molecule has 1 saturated carbocycles. The summed E-state index contributed by atoms with van der Waals surface area (Å²) < 4.78 is 8.06. The number of nitrogens with one attached hydrogen (secondary N) is 3. The molecule has 3 N–H and O–H groups in total. The van der Waals surface area contributed by atoms with Crippen LogP contribution in [0.15, 0.2) is 42.9 Å². The smallest absolute Gasteiger partial charge is 0.224 e. The molecule has 1 unspecified atom stereocenters. The zero-order valence-corrected chi connectivity index (χ0v) is 17.8. The molecule has 9 nitrogen and oxygen atoms in total. The number of benzene rings is 1. The van der Waals surface area contributed by atoms with Gasteiger partial charge < -0.3 is 19.9 Å².